The first kappa shape index (κ1) is 18.5. The van der Waals surface area contributed by atoms with E-state index >= 15 is 0 Å². The van der Waals surface area contributed by atoms with Crippen LogP contribution in [0.1, 0.15) is 49.4 Å². The van der Waals surface area contributed by atoms with Gasteiger partial charge in [-0.3, -0.25) is 0 Å². The van der Waals surface area contributed by atoms with E-state index in [1.54, 1.807) is 31.4 Å². The second-order valence-electron chi connectivity index (χ2n) is 5.45. The minimum Gasteiger partial charge on any atom is -0.497 e. The third-order valence-corrected chi connectivity index (χ3v) is 3.64. The Balaban J connectivity index is 2.34. The standard InChI is InChI=1S/C17H26O5/c1-3-4-10-17(20,13-18)11-5-12-22-16(19)14-6-8-15(21-2)9-7-14/h6-9,18,20H,3-5,10-13H2,1-2H3/t17-/m1/s1. The lowest BCUT2D eigenvalue weighted by Crippen LogP contribution is -2.33. The summed E-state index contributed by atoms with van der Waals surface area (Å²) in [5.41, 5.74) is -0.605. The molecule has 0 heterocycles. The maximum absolute atomic E-state index is 11.8. The Morgan fingerprint density at radius 2 is 1.82 bits per heavy atom. The summed E-state index contributed by atoms with van der Waals surface area (Å²) in [5, 5.41) is 19.5. The summed E-state index contributed by atoms with van der Waals surface area (Å²) in [6.45, 7) is 1.99. The average Bonchev–Trinajstić information content (AvgIpc) is 2.56. The lowest BCUT2D eigenvalue weighted by Gasteiger charge is -2.25. The second kappa shape index (κ2) is 9.43. The molecule has 5 nitrogen and oxygen atoms in total. The van der Waals surface area contributed by atoms with E-state index in [1.165, 1.54) is 0 Å². The Bertz CT molecular complexity index is 443. The van der Waals surface area contributed by atoms with Crippen LogP contribution in [-0.2, 0) is 4.74 Å². The van der Waals surface area contributed by atoms with Gasteiger partial charge in [-0.2, -0.15) is 0 Å². The second-order valence-corrected chi connectivity index (χ2v) is 5.45. The van der Waals surface area contributed by atoms with Gasteiger partial charge in [0.15, 0.2) is 0 Å². The quantitative estimate of drug-likeness (QED) is 0.513. The van der Waals surface area contributed by atoms with Crippen molar-refractivity contribution in [2.45, 2.75) is 44.6 Å². The fourth-order valence-electron chi connectivity index (χ4n) is 2.17. The van der Waals surface area contributed by atoms with Gasteiger partial charge in [-0.15, -0.1) is 0 Å². The van der Waals surface area contributed by atoms with E-state index in [9.17, 15) is 15.0 Å². The maximum Gasteiger partial charge on any atom is 0.338 e. The van der Waals surface area contributed by atoms with Crippen LogP contribution in [0.15, 0.2) is 24.3 Å². The van der Waals surface area contributed by atoms with E-state index < -0.39 is 11.6 Å². The van der Waals surface area contributed by atoms with Crippen molar-refractivity contribution < 1.29 is 24.5 Å². The Morgan fingerprint density at radius 1 is 1.18 bits per heavy atom. The Labute approximate surface area is 131 Å². The number of carbonyl (C=O) groups is 1. The van der Waals surface area contributed by atoms with Gasteiger partial charge in [-0.1, -0.05) is 19.8 Å². The molecule has 0 saturated heterocycles. The fraction of sp³-hybridized carbons (Fsp3) is 0.588. The van der Waals surface area contributed by atoms with Gasteiger partial charge in [0.05, 0.1) is 31.5 Å². The SMILES string of the molecule is CCCC[C@](O)(CO)CCCOC(=O)c1ccc(OC)cc1. The van der Waals surface area contributed by atoms with E-state index in [-0.39, 0.29) is 13.2 Å². The molecule has 1 atom stereocenters. The van der Waals surface area contributed by atoms with Crippen molar-refractivity contribution in [1.29, 1.82) is 0 Å². The summed E-state index contributed by atoms with van der Waals surface area (Å²) in [5.74, 6) is 0.282. The Hall–Kier alpha value is -1.59. The third kappa shape index (κ3) is 6.03. The van der Waals surface area contributed by atoms with Crippen molar-refractivity contribution >= 4 is 5.97 Å². The zero-order valence-electron chi connectivity index (χ0n) is 13.4. The van der Waals surface area contributed by atoms with Crippen LogP contribution in [-0.4, -0.2) is 42.1 Å². The first-order valence-electron chi connectivity index (χ1n) is 7.69. The molecule has 5 heteroatoms. The zero-order chi connectivity index (χ0) is 16.4. The van der Waals surface area contributed by atoms with Crippen molar-refractivity contribution in [2.75, 3.05) is 20.3 Å². The molecule has 0 aliphatic heterocycles. The molecule has 0 fully saturated rings. The predicted molar refractivity (Wildman–Crippen MR) is 84.1 cm³/mol. The lowest BCUT2D eigenvalue weighted by molar-refractivity contribution is -0.0344. The molecule has 1 aromatic rings. The van der Waals surface area contributed by atoms with Crippen LogP contribution >= 0.6 is 0 Å². The minimum absolute atomic E-state index is 0.222. The van der Waals surface area contributed by atoms with E-state index in [1.807, 2.05) is 6.92 Å². The number of ether oxygens (including phenoxy) is 2. The van der Waals surface area contributed by atoms with Crippen molar-refractivity contribution in [3.8, 4) is 5.75 Å². The summed E-state index contributed by atoms with van der Waals surface area (Å²) in [7, 11) is 1.56. The summed E-state index contributed by atoms with van der Waals surface area (Å²) in [4.78, 5) is 11.8. The predicted octanol–water partition coefficient (Wildman–Crippen LogP) is 2.55. The number of unbranched alkanes of at least 4 members (excludes halogenated alkanes) is 1. The van der Waals surface area contributed by atoms with Crippen molar-refractivity contribution in [3.63, 3.8) is 0 Å². The molecule has 0 unspecified atom stereocenters. The first-order valence-corrected chi connectivity index (χ1v) is 7.69. The molecule has 0 amide bonds. The van der Waals surface area contributed by atoms with E-state index in [0.717, 1.165) is 12.8 Å². The number of hydrogen-bond acceptors (Lipinski definition) is 5. The zero-order valence-corrected chi connectivity index (χ0v) is 13.4. The molecule has 1 aromatic carbocycles. The molecule has 124 valence electrons. The monoisotopic (exact) mass is 310 g/mol. The van der Waals surface area contributed by atoms with Crippen molar-refractivity contribution in [2.24, 2.45) is 0 Å². The highest BCUT2D eigenvalue weighted by Gasteiger charge is 2.24. The molecule has 1 rings (SSSR count). The number of hydrogen-bond donors (Lipinski definition) is 2. The van der Waals surface area contributed by atoms with Crippen LogP contribution in [0, 0.1) is 0 Å². The van der Waals surface area contributed by atoms with Gasteiger partial charge in [0, 0.05) is 0 Å². The number of esters is 1. The molecule has 0 spiro atoms. The number of carbonyl (C=O) groups excluding carboxylic acids is 1. The fourth-order valence-corrected chi connectivity index (χ4v) is 2.17. The van der Waals surface area contributed by atoms with Crippen LogP contribution < -0.4 is 4.74 Å². The summed E-state index contributed by atoms with van der Waals surface area (Å²) in [6, 6.07) is 6.69. The van der Waals surface area contributed by atoms with Gasteiger partial charge < -0.3 is 19.7 Å². The minimum atomic E-state index is -1.07. The molecule has 0 aliphatic rings. The highest BCUT2D eigenvalue weighted by atomic mass is 16.5. The molecule has 2 N–H and O–H groups in total. The van der Waals surface area contributed by atoms with Gasteiger partial charge in [0.25, 0.3) is 0 Å². The highest BCUT2D eigenvalue weighted by Crippen LogP contribution is 2.20. The topological polar surface area (TPSA) is 76.0 Å². The van der Waals surface area contributed by atoms with Gasteiger partial charge >= 0.3 is 5.97 Å². The van der Waals surface area contributed by atoms with Crippen molar-refractivity contribution in [1.82, 2.24) is 0 Å². The summed E-state index contributed by atoms with van der Waals surface area (Å²) >= 11 is 0. The number of benzene rings is 1. The molecular formula is C17H26O5. The molecule has 0 radical (unpaired) electrons. The van der Waals surface area contributed by atoms with Crippen LogP contribution in [0.2, 0.25) is 0 Å². The number of rotatable bonds is 10. The summed E-state index contributed by atoms with van der Waals surface area (Å²) < 4.78 is 10.2. The number of aliphatic hydroxyl groups is 2. The van der Waals surface area contributed by atoms with Gasteiger partial charge in [-0.05, 0) is 43.5 Å². The smallest absolute Gasteiger partial charge is 0.338 e. The van der Waals surface area contributed by atoms with Crippen molar-refractivity contribution in [3.05, 3.63) is 29.8 Å². The molecule has 0 saturated carbocycles. The average molecular weight is 310 g/mol. The highest BCUT2D eigenvalue weighted by molar-refractivity contribution is 5.89. The lowest BCUT2D eigenvalue weighted by atomic mass is 9.92. The Morgan fingerprint density at radius 3 is 2.36 bits per heavy atom. The maximum atomic E-state index is 11.8. The van der Waals surface area contributed by atoms with Gasteiger partial charge in [0.2, 0.25) is 0 Å². The van der Waals surface area contributed by atoms with Crippen LogP contribution in [0.3, 0.4) is 0 Å². The molecular weight excluding hydrogens is 284 g/mol. The van der Waals surface area contributed by atoms with Gasteiger partial charge in [-0.25, -0.2) is 4.79 Å². The van der Waals surface area contributed by atoms with E-state index in [2.05, 4.69) is 0 Å². The normalized spacial score (nSPS) is 13.5. The molecule has 0 aromatic heterocycles. The first-order chi connectivity index (χ1) is 10.5. The van der Waals surface area contributed by atoms with Gasteiger partial charge in [0.1, 0.15) is 5.75 Å². The van der Waals surface area contributed by atoms with Crippen LogP contribution in [0.4, 0.5) is 0 Å². The number of aliphatic hydroxyl groups excluding tert-OH is 1. The number of methoxy groups -OCH3 is 1. The van der Waals surface area contributed by atoms with E-state index in [4.69, 9.17) is 9.47 Å². The van der Waals surface area contributed by atoms with Crippen LogP contribution in [0.5, 0.6) is 5.75 Å². The largest absolute Gasteiger partial charge is 0.497 e. The van der Waals surface area contributed by atoms with Crippen LogP contribution in [0.25, 0.3) is 0 Å². The Kier molecular flexibility index (Phi) is 7.91. The third-order valence-electron chi connectivity index (χ3n) is 3.64. The molecule has 0 aliphatic carbocycles. The molecule has 22 heavy (non-hydrogen) atoms. The van der Waals surface area contributed by atoms with E-state index in [0.29, 0.717) is 30.6 Å². The molecule has 0 bridgehead atoms. The summed E-state index contributed by atoms with van der Waals surface area (Å²) in [6.07, 6.45) is 3.33.